The van der Waals surface area contributed by atoms with Crippen molar-refractivity contribution in [1.82, 2.24) is 19.5 Å². The van der Waals surface area contributed by atoms with Crippen LogP contribution >= 0.6 is 0 Å². The minimum absolute atomic E-state index is 0.145. The molecule has 2 aliphatic heterocycles. The Morgan fingerprint density at radius 2 is 1.79 bits per heavy atom. The van der Waals surface area contributed by atoms with Crippen LogP contribution in [0.15, 0.2) is 88.7 Å². The molecule has 136 valence electrons. The maximum atomic E-state index is 13.1. The van der Waals surface area contributed by atoms with E-state index in [4.69, 9.17) is 4.42 Å². The number of aromatic amines is 1. The second-order valence-electron chi connectivity index (χ2n) is 6.46. The van der Waals surface area contributed by atoms with Crippen LogP contribution in [0.25, 0.3) is 28.3 Å². The van der Waals surface area contributed by atoms with Gasteiger partial charge in [-0.3, -0.25) is 14.3 Å². The molecule has 0 radical (unpaired) electrons. The number of nitrogens with zero attached hydrogens (tertiary/aromatic N) is 3. The van der Waals surface area contributed by atoms with Gasteiger partial charge in [-0.2, -0.15) is 0 Å². The van der Waals surface area contributed by atoms with Crippen molar-refractivity contribution in [1.29, 1.82) is 0 Å². The number of furan rings is 1. The van der Waals surface area contributed by atoms with Crippen LogP contribution in [0.5, 0.6) is 0 Å². The van der Waals surface area contributed by atoms with Crippen LogP contribution in [-0.2, 0) is 6.42 Å². The first-order chi connectivity index (χ1) is 13.8. The van der Waals surface area contributed by atoms with Gasteiger partial charge in [0.15, 0.2) is 5.82 Å². The standard InChI is InChI=1S/C22H16N4O2/c27-22-18(13-17-7-4-12-28-17)25-21-20(16-8-10-23-11-9-16)24-19(14-26(21)22)15-5-2-1-3-6-15/h1-12,14,24H,13H2. The second-order valence-corrected chi connectivity index (χ2v) is 6.46. The Morgan fingerprint density at radius 3 is 2.54 bits per heavy atom. The van der Waals surface area contributed by atoms with Gasteiger partial charge in [0.25, 0.3) is 5.56 Å². The molecule has 4 heterocycles. The molecule has 0 spiro atoms. The molecule has 6 nitrogen and oxygen atoms in total. The zero-order chi connectivity index (χ0) is 18.9. The highest BCUT2D eigenvalue weighted by Gasteiger charge is 2.21. The minimum atomic E-state index is -0.145. The fraction of sp³-hybridized carbons (Fsp3) is 0.0455. The number of hydrogen-bond donors (Lipinski definition) is 1. The van der Waals surface area contributed by atoms with Gasteiger partial charge in [0, 0.05) is 24.2 Å². The fourth-order valence-electron chi connectivity index (χ4n) is 3.29. The van der Waals surface area contributed by atoms with Gasteiger partial charge in [-0.25, -0.2) is 4.98 Å². The van der Waals surface area contributed by atoms with E-state index in [0.717, 1.165) is 22.5 Å². The molecule has 28 heavy (non-hydrogen) atoms. The van der Waals surface area contributed by atoms with Crippen LogP contribution < -0.4 is 5.56 Å². The molecule has 5 rings (SSSR count). The molecule has 0 aliphatic carbocycles. The number of nitrogens with one attached hydrogen (secondary N) is 1. The summed E-state index contributed by atoms with van der Waals surface area (Å²) < 4.78 is 7.00. The monoisotopic (exact) mass is 368 g/mol. The third kappa shape index (κ3) is 2.81. The van der Waals surface area contributed by atoms with Crippen molar-refractivity contribution in [3.63, 3.8) is 0 Å². The number of benzene rings is 1. The van der Waals surface area contributed by atoms with Crippen molar-refractivity contribution in [2.45, 2.75) is 6.42 Å². The summed E-state index contributed by atoms with van der Waals surface area (Å²) in [4.78, 5) is 25.2. The summed E-state index contributed by atoms with van der Waals surface area (Å²) in [7, 11) is 0. The van der Waals surface area contributed by atoms with Gasteiger partial charge < -0.3 is 9.40 Å². The van der Waals surface area contributed by atoms with Crippen molar-refractivity contribution in [3.8, 4) is 28.3 Å². The molecule has 2 aliphatic rings. The molecular weight excluding hydrogens is 352 g/mol. The van der Waals surface area contributed by atoms with Gasteiger partial charge in [0.1, 0.15) is 11.5 Å². The molecule has 6 heteroatoms. The van der Waals surface area contributed by atoms with E-state index in [-0.39, 0.29) is 5.56 Å². The van der Waals surface area contributed by atoms with Gasteiger partial charge in [-0.15, -0.1) is 0 Å². The lowest BCUT2D eigenvalue weighted by molar-refractivity contribution is 0.519. The smallest absolute Gasteiger partial charge is 0.278 e. The SMILES string of the molecule is O=c1c(Cc2ccco2)nc2c(-c3ccncc3)[nH]c(-c3ccccc3)cn1-2. The highest BCUT2D eigenvalue weighted by molar-refractivity contribution is 5.71. The Bertz CT molecular complexity index is 1240. The molecule has 0 bridgehead atoms. The van der Waals surface area contributed by atoms with Crippen molar-refractivity contribution in [2.24, 2.45) is 0 Å². The van der Waals surface area contributed by atoms with E-state index in [1.54, 1.807) is 35.5 Å². The fourth-order valence-corrected chi connectivity index (χ4v) is 3.29. The molecule has 0 unspecified atom stereocenters. The molecule has 1 aromatic carbocycles. The van der Waals surface area contributed by atoms with Crippen LogP contribution in [0.4, 0.5) is 0 Å². The Morgan fingerprint density at radius 1 is 0.964 bits per heavy atom. The van der Waals surface area contributed by atoms with E-state index in [2.05, 4.69) is 15.0 Å². The zero-order valence-corrected chi connectivity index (χ0v) is 14.9. The maximum absolute atomic E-state index is 13.1. The minimum Gasteiger partial charge on any atom is -0.469 e. The summed E-state index contributed by atoms with van der Waals surface area (Å²) in [6.07, 6.45) is 7.19. The van der Waals surface area contributed by atoms with Gasteiger partial charge in [-0.05, 0) is 29.8 Å². The molecule has 0 amide bonds. The third-order valence-corrected chi connectivity index (χ3v) is 4.65. The molecule has 0 saturated carbocycles. The molecular formula is C22H16N4O2. The predicted octanol–water partition coefficient (Wildman–Crippen LogP) is 3.91. The number of H-pyrrole nitrogens is 1. The summed E-state index contributed by atoms with van der Waals surface area (Å²) in [5.74, 6) is 1.29. The van der Waals surface area contributed by atoms with Crippen LogP contribution in [0.1, 0.15) is 11.5 Å². The maximum Gasteiger partial charge on any atom is 0.278 e. The van der Waals surface area contributed by atoms with Gasteiger partial charge >= 0.3 is 0 Å². The van der Waals surface area contributed by atoms with E-state index >= 15 is 0 Å². The van der Waals surface area contributed by atoms with E-state index in [1.807, 2.05) is 48.5 Å². The summed E-state index contributed by atoms with van der Waals surface area (Å²) >= 11 is 0. The summed E-state index contributed by atoms with van der Waals surface area (Å²) in [6.45, 7) is 0. The first-order valence-electron chi connectivity index (χ1n) is 8.92. The van der Waals surface area contributed by atoms with E-state index in [9.17, 15) is 4.79 Å². The highest BCUT2D eigenvalue weighted by Crippen LogP contribution is 2.28. The van der Waals surface area contributed by atoms with Crippen LogP contribution in [0, 0.1) is 0 Å². The largest absolute Gasteiger partial charge is 0.469 e. The topological polar surface area (TPSA) is 76.7 Å². The Balaban J connectivity index is 1.74. The summed E-state index contributed by atoms with van der Waals surface area (Å²) in [5, 5.41) is 0. The molecule has 0 fully saturated rings. The predicted molar refractivity (Wildman–Crippen MR) is 106 cm³/mol. The van der Waals surface area contributed by atoms with Crippen LogP contribution in [0.3, 0.4) is 0 Å². The molecule has 1 N–H and O–H groups in total. The lowest BCUT2D eigenvalue weighted by atomic mass is 10.1. The number of fused-ring (bicyclic) bond motifs is 1. The van der Waals surface area contributed by atoms with Crippen molar-refractivity contribution < 1.29 is 4.42 Å². The zero-order valence-electron chi connectivity index (χ0n) is 14.9. The van der Waals surface area contributed by atoms with Crippen molar-refractivity contribution in [2.75, 3.05) is 0 Å². The summed E-state index contributed by atoms with van der Waals surface area (Å²) in [6, 6.07) is 17.3. The second kappa shape index (κ2) is 6.66. The quantitative estimate of drug-likeness (QED) is 0.522. The van der Waals surface area contributed by atoms with Crippen molar-refractivity contribution >= 4 is 0 Å². The van der Waals surface area contributed by atoms with E-state index in [0.29, 0.717) is 23.7 Å². The van der Waals surface area contributed by atoms with Crippen molar-refractivity contribution in [3.05, 3.63) is 101 Å². The normalized spacial score (nSPS) is 11.1. The first kappa shape index (κ1) is 16.3. The van der Waals surface area contributed by atoms with Crippen LogP contribution in [0.2, 0.25) is 0 Å². The number of rotatable bonds is 4. The third-order valence-electron chi connectivity index (χ3n) is 4.65. The van der Waals surface area contributed by atoms with Gasteiger partial charge in [0.05, 0.1) is 24.1 Å². The van der Waals surface area contributed by atoms with Gasteiger partial charge in [-0.1, -0.05) is 30.3 Å². The molecule has 2 aromatic heterocycles. The number of pyridine rings is 1. The Kier molecular flexibility index (Phi) is 3.87. The molecule has 3 aromatic rings. The highest BCUT2D eigenvalue weighted by atomic mass is 16.3. The average molecular weight is 368 g/mol. The molecule has 0 atom stereocenters. The Hall–Kier alpha value is -3.93. The number of aromatic nitrogens is 4. The van der Waals surface area contributed by atoms with E-state index in [1.165, 1.54) is 0 Å². The lowest BCUT2D eigenvalue weighted by Crippen LogP contribution is -2.16. The first-order valence-corrected chi connectivity index (χ1v) is 8.92. The van der Waals surface area contributed by atoms with Crippen LogP contribution in [-0.4, -0.2) is 19.5 Å². The lowest BCUT2D eigenvalue weighted by Gasteiger charge is -2.13. The van der Waals surface area contributed by atoms with E-state index < -0.39 is 0 Å². The number of imidazole rings is 1. The van der Waals surface area contributed by atoms with Gasteiger partial charge in [0.2, 0.25) is 0 Å². The summed E-state index contributed by atoms with van der Waals surface area (Å²) in [5.41, 5.74) is 3.80. The number of hydrogen-bond acceptors (Lipinski definition) is 4. The Labute approximate surface area is 160 Å². The average Bonchev–Trinajstić information content (AvgIpc) is 3.37. The molecule has 0 saturated heterocycles.